The number of imide groups is 1. The molecule has 1 aromatic heterocycles. The first-order valence-corrected chi connectivity index (χ1v) is 13.1. The highest BCUT2D eigenvalue weighted by Gasteiger charge is 2.40. The number of carbonyl (C=O) groups excluding carboxylic acids is 5. The Kier molecular flexibility index (Phi) is 6.61. The number of primary amides is 1. The van der Waals surface area contributed by atoms with Crippen LogP contribution in [0.5, 0.6) is 0 Å². The van der Waals surface area contributed by atoms with Crippen molar-refractivity contribution in [3.8, 4) is 0 Å². The number of anilines is 1. The van der Waals surface area contributed by atoms with Crippen molar-refractivity contribution in [2.75, 3.05) is 11.9 Å². The van der Waals surface area contributed by atoms with Crippen LogP contribution in [-0.4, -0.2) is 47.1 Å². The summed E-state index contributed by atoms with van der Waals surface area (Å²) in [5.41, 5.74) is 7.32. The van der Waals surface area contributed by atoms with Crippen molar-refractivity contribution >= 4 is 45.9 Å². The quantitative estimate of drug-likeness (QED) is 0.452. The summed E-state index contributed by atoms with van der Waals surface area (Å²) < 4.78 is 5.16. The van der Waals surface area contributed by atoms with Gasteiger partial charge in [0.05, 0.1) is 22.3 Å². The molecule has 0 radical (unpaired) electrons. The van der Waals surface area contributed by atoms with E-state index in [0.29, 0.717) is 10.6 Å². The Labute approximate surface area is 212 Å². The number of thiophene rings is 1. The summed E-state index contributed by atoms with van der Waals surface area (Å²) in [5.74, 6) is -2.70. The monoisotopic (exact) mass is 509 g/mol. The second-order valence-corrected chi connectivity index (χ2v) is 10.5. The second-order valence-electron chi connectivity index (χ2n) is 9.44. The van der Waals surface area contributed by atoms with Crippen LogP contribution >= 0.6 is 11.3 Å². The lowest BCUT2D eigenvalue weighted by Gasteiger charge is -2.29. The molecule has 2 aliphatic carbocycles. The van der Waals surface area contributed by atoms with Crippen molar-refractivity contribution in [2.45, 2.75) is 63.8 Å². The highest BCUT2D eigenvalue weighted by molar-refractivity contribution is 7.17. The molecule has 1 saturated carbocycles. The number of nitrogens with two attached hydrogens (primary N) is 1. The molecule has 5 rings (SSSR count). The summed E-state index contributed by atoms with van der Waals surface area (Å²) >= 11 is 1.33. The van der Waals surface area contributed by atoms with Crippen LogP contribution in [-0.2, 0) is 22.4 Å². The maximum absolute atomic E-state index is 13.0. The molecule has 1 aliphatic heterocycles. The first-order chi connectivity index (χ1) is 17.3. The van der Waals surface area contributed by atoms with Gasteiger partial charge in [0.2, 0.25) is 0 Å². The molecule has 0 bridgehead atoms. The maximum atomic E-state index is 13.0. The summed E-state index contributed by atoms with van der Waals surface area (Å²) in [5, 5.41) is 3.02. The minimum atomic E-state index is -0.787. The van der Waals surface area contributed by atoms with Crippen LogP contribution in [0.15, 0.2) is 18.2 Å². The first kappa shape index (κ1) is 24.2. The van der Waals surface area contributed by atoms with Crippen LogP contribution in [0.3, 0.4) is 0 Å². The smallest absolute Gasteiger partial charge is 0.338 e. The summed E-state index contributed by atoms with van der Waals surface area (Å²) in [6, 6.07) is 4.13. The molecule has 10 heteroatoms. The number of amides is 4. The summed E-state index contributed by atoms with van der Waals surface area (Å²) in [7, 11) is 0. The van der Waals surface area contributed by atoms with Crippen molar-refractivity contribution < 1.29 is 28.7 Å². The molecule has 0 unspecified atom stereocenters. The van der Waals surface area contributed by atoms with Crippen molar-refractivity contribution in [3.05, 3.63) is 50.9 Å². The highest BCUT2D eigenvalue weighted by atomic mass is 32.1. The average Bonchev–Trinajstić information content (AvgIpc) is 3.36. The number of fused-ring (bicyclic) bond motifs is 2. The molecule has 0 spiro atoms. The van der Waals surface area contributed by atoms with Crippen LogP contribution < -0.4 is 11.1 Å². The van der Waals surface area contributed by atoms with E-state index in [9.17, 15) is 24.0 Å². The molecule has 0 saturated heterocycles. The zero-order chi connectivity index (χ0) is 25.4. The number of benzene rings is 1. The van der Waals surface area contributed by atoms with Gasteiger partial charge in [-0.05, 0) is 62.3 Å². The van der Waals surface area contributed by atoms with Crippen LogP contribution in [0.1, 0.15) is 96.8 Å². The molecule has 188 valence electrons. The van der Waals surface area contributed by atoms with E-state index in [4.69, 9.17) is 10.5 Å². The largest absolute Gasteiger partial charge is 0.452 e. The molecule has 2 heterocycles. The topological polar surface area (TPSA) is 136 Å². The number of nitrogens with zero attached hydrogens (tertiary/aromatic N) is 1. The number of nitrogens with one attached hydrogen (secondary N) is 1. The normalized spacial score (nSPS) is 17.5. The predicted molar refractivity (Wildman–Crippen MR) is 132 cm³/mol. The third kappa shape index (κ3) is 4.41. The molecular formula is C26H27N3O6S. The molecule has 4 amide bonds. The van der Waals surface area contributed by atoms with Gasteiger partial charge in [-0.3, -0.25) is 24.1 Å². The molecule has 3 aliphatic rings. The van der Waals surface area contributed by atoms with Gasteiger partial charge in [-0.15, -0.1) is 11.3 Å². The van der Waals surface area contributed by atoms with E-state index < -0.39 is 30.3 Å². The third-order valence-corrected chi connectivity index (χ3v) is 8.31. The minimum absolute atomic E-state index is 0.0811. The van der Waals surface area contributed by atoms with E-state index in [0.717, 1.165) is 68.2 Å². The van der Waals surface area contributed by atoms with E-state index in [-0.39, 0.29) is 28.6 Å². The van der Waals surface area contributed by atoms with Gasteiger partial charge in [0.25, 0.3) is 23.6 Å². The molecule has 9 nitrogen and oxygen atoms in total. The molecule has 3 N–H and O–H groups in total. The van der Waals surface area contributed by atoms with Gasteiger partial charge in [-0.25, -0.2) is 4.79 Å². The van der Waals surface area contributed by atoms with Gasteiger partial charge >= 0.3 is 5.97 Å². The molecule has 1 fully saturated rings. The van der Waals surface area contributed by atoms with E-state index in [1.54, 1.807) is 0 Å². The Morgan fingerprint density at radius 3 is 2.47 bits per heavy atom. The Morgan fingerprint density at radius 2 is 1.72 bits per heavy atom. The summed E-state index contributed by atoms with van der Waals surface area (Å²) in [4.78, 5) is 65.3. The fourth-order valence-corrected chi connectivity index (χ4v) is 6.66. The Morgan fingerprint density at radius 1 is 1.00 bits per heavy atom. The number of aryl methyl sites for hydroxylation is 1. The highest BCUT2D eigenvalue weighted by Crippen LogP contribution is 2.38. The van der Waals surface area contributed by atoms with E-state index in [2.05, 4.69) is 5.32 Å². The van der Waals surface area contributed by atoms with Gasteiger partial charge < -0.3 is 15.8 Å². The number of hydrogen-bond acceptors (Lipinski definition) is 7. The van der Waals surface area contributed by atoms with E-state index >= 15 is 0 Å². The predicted octanol–water partition coefficient (Wildman–Crippen LogP) is 3.45. The summed E-state index contributed by atoms with van der Waals surface area (Å²) in [6.45, 7) is -0.572. The lowest BCUT2D eigenvalue weighted by Crippen LogP contribution is -2.40. The SMILES string of the molecule is NC(=O)c1c(NC(=O)COC(=O)c2ccc3c(c2)C(=O)N(C2CCCCC2)C3=O)sc2c1CCCC2. The lowest BCUT2D eigenvalue weighted by atomic mass is 9.94. The fourth-order valence-electron chi connectivity index (χ4n) is 5.35. The lowest BCUT2D eigenvalue weighted by molar-refractivity contribution is -0.119. The number of carbonyl (C=O) groups is 5. The third-order valence-electron chi connectivity index (χ3n) is 7.10. The second kappa shape index (κ2) is 9.85. The van der Waals surface area contributed by atoms with Crippen molar-refractivity contribution in [2.24, 2.45) is 5.73 Å². The number of ether oxygens (including phenoxy) is 1. The molecular weight excluding hydrogens is 482 g/mol. The van der Waals surface area contributed by atoms with Crippen molar-refractivity contribution in [1.29, 1.82) is 0 Å². The molecule has 2 aromatic rings. The average molecular weight is 510 g/mol. The van der Waals surface area contributed by atoms with Gasteiger partial charge in [0.15, 0.2) is 6.61 Å². The van der Waals surface area contributed by atoms with Crippen molar-refractivity contribution in [3.63, 3.8) is 0 Å². The zero-order valence-electron chi connectivity index (χ0n) is 19.8. The molecule has 0 atom stereocenters. The van der Waals surface area contributed by atoms with Crippen LogP contribution in [0.25, 0.3) is 0 Å². The number of rotatable bonds is 6. The van der Waals surface area contributed by atoms with Crippen LogP contribution in [0, 0.1) is 0 Å². The molecule has 1 aromatic carbocycles. The van der Waals surface area contributed by atoms with Gasteiger partial charge in [0.1, 0.15) is 5.00 Å². The Bertz CT molecular complexity index is 1280. The number of esters is 1. The zero-order valence-corrected chi connectivity index (χ0v) is 20.6. The Hall–Kier alpha value is -3.53. The standard InChI is InChI=1S/C26H27N3O6S/c27-22(31)21-17-8-4-5-9-19(17)36-23(21)28-20(30)13-35-26(34)14-10-11-16-18(12-14)25(33)29(24(16)32)15-6-2-1-3-7-15/h10-12,15H,1-9,13H2,(H2,27,31)(H,28,30). The van der Waals surface area contributed by atoms with Crippen LogP contribution in [0.2, 0.25) is 0 Å². The Balaban J connectivity index is 1.24. The maximum Gasteiger partial charge on any atom is 0.338 e. The number of hydrogen-bond donors (Lipinski definition) is 2. The van der Waals surface area contributed by atoms with Crippen LogP contribution in [0.4, 0.5) is 5.00 Å². The first-order valence-electron chi connectivity index (χ1n) is 12.3. The molecule has 36 heavy (non-hydrogen) atoms. The minimum Gasteiger partial charge on any atom is -0.452 e. The fraction of sp³-hybridized carbons (Fsp3) is 0.423. The van der Waals surface area contributed by atoms with Gasteiger partial charge in [-0.2, -0.15) is 0 Å². The van der Waals surface area contributed by atoms with E-state index in [1.165, 1.54) is 34.4 Å². The van der Waals surface area contributed by atoms with Gasteiger partial charge in [0, 0.05) is 10.9 Å². The van der Waals surface area contributed by atoms with E-state index in [1.807, 2.05) is 0 Å². The van der Waals surface area contributed by atoms with Crippen molar-refractivity contribution in [1.82, 2.24) is 4.90 Å². The summed E-state index contributed by atoms with van der Waals surface area (Å²) in [6.07, 6.45) is 8.20. The van der Waals surface area contributed by atoms with Gasteiger partial charge in [-0.1, -0.05) is 19.3 Å².